The summed E-state index contributed by atoms with van der Waals surface area (Å²) in [6, 6.07) is 0. The number of hydrogen-bond acceptors (Lipinski definition) is 8. The van der Waals surface area contributed by atoms with Gasteiger partial charge in [-0.05, 0) is 20.8 Å². The summed E-state index contributed by atoms with van der Waals surface area (Å²) in [6.45, 7) is 5.30. The Labute approximate surface area is 144 Å². The smallest absolute Gasteiger partial charge is 0.413 e. The Morgan fingerprint density at radius 3 is 2.72 bits per heavy atom. The normalized spacial score (nSPS) is 11.2. The van der Waals surface area contributed by atoms with Gasteiger partial charge in [-0.3, -0.25) is 14.8 Å². The number of hydrogen-bond donors (Lipinski definition) is 1. The molecule has 0 aliphatic carbocycles. The Morgan fingerprint density at radius 2 is 2.08 bits per heavy atom. The minimum atomic E-state index is -0.629. The Morgan fingerprint density at radius 1 is 1.36 bits per heavy atom. The zero-order valence-electron chi connectivity index (χ0n) is 14.8. The number of aryl methyl sites for hydroxylation is 2. The average molecular weight is 351 g/mol. The van der Waals surface area contributed by atoms with Crippen LogP contribution in [0.5, 0.6) is 0 Å². The summed E-state index contributed by atoms with van der Waals surface area (Å²) in [5, 5.41) is 10.6. The highest BCUT2D eigenvalue weighted by Gasteiger charge is 2.22. The van der Waals surface area contributed by atoms with E-state index in [9.17, 15) is 9.59 Å². The minimum absolute atomic E-state index is 0.133. The van der Waals surface area contributed by atoms with E-state index < -0.39 is 11.7 Å². The predicted octanol–water partition coefficient (Wildman–Crippen LogP) is 1.92. The van der Waals surface area contributed by atoms with E-state index in [0.29, 0.717) is 11.4 Å². The highest BCUT2D eigenvalue weighted by Crippen LogP contribution is 2.25. The van der Waals surface area contributed by atoms with Crippen molar-refractivity contribution in [3.05, 3.63) is 12.1 Å². The van der Waals surface area contributed by atoms with Crippen LogP contribution in [0.2, 0.25) is 0 Å². The SMILES string of the molecule is COC(=O)CCc1nc(-c2cnn(C)c2NC(=O)OC(C)(C)C)no1. The second-order valence-electron chi connectivity index (χ2n) is 6.25. The number of methoxy groups -OCH3 is 1. The third-order valence-electron chi connectivity index (χ3n) is 3.04. The number of carbonyl (C=O) groups excluding carboxylic acids is 2. The number of nitrogens with zero attached hydrogens (tertiary/aromatic N) is 4. The first-order chi connectivity index (χ1) is 11.7. The van der Waals surface area contributed by atoms with Gasteiger partial charge in [-0.2, -0.15) is 10.1 Å². The number of nitrogens with one attached hydrogen (secondary N) is 1. The fourth-order valence-electron chi connectivity index (χ4n) is 1.93. The number of carbonyl (C=O) groups is 2. The maximum Gasteiger partial charge on any atom is 0.413 e. The Balaban J connectivity index is 2.14. The standard InChI is InChI=1S/C15H21N5O5/c1-15(2,3)24-14(22)18-13-9(8-16-20(13)4)12-17-10(25-19-12)6-7-11(21)23-5/h8H,6-7H2,1-5H3,(H,18,22). The van der Waals surface area contributed by atoms with Crippen molar-refractivity contribution in [3.63, 3.8) is 0 Å². The van der Waals surface area contributed by atoms with E-state index in [1.807, 2.05) is 0 Å². The quantitative estimate of drug-likeness (QED) is 0.811. The van der Waals surface area contributed by atoms with Crippen LogP contribution >= 0.6 is 0 Å². The van der Waals surface area contributed by atoms with Gasteiger partial charge in [-0.25, -0.2) is 4.79 Å². The van der Waals surface area contributed by atoms with Gasteiger partial charge in [-0.1, -0.05) is 5.16 Å². The summed E-state index contributed by atoms with van der Waals surface area (Å²) >= 11 is 0. The fourth-order valence-corrected chi connectivity index (χ4v) is 1.93. The summed E-state index contributed by atoms with van der Waals surface area (Å²) < 4.78 is 16.4. The van der Waals surface area contributed by atoms with Gasteiger partial charge in [0.2, 0.25) is 11.7 Å². The van der Waals surface area contributed by atoms with E-state index in [4.69, 9.17) is 9.26 Å². The Hall–Kier alpha value is -2.91. The molecule has 2 aromatic heterocycles. The molecule has 0 aliphatic heterocycles. The van der Waals surface area contributed by atoms with E-state index in [1.54, 1.807) is 27.8 Å². The average Bonchev–Trinajstić information content (AvgIpc) is 3.10. The monoisotopic (exact) mass is 351 g/mol. The number of anilines is 1. The fraction of sp³-hybridized carbons (Fsp3) is 0.533. The van der Waals surface area contributed by atoms with E-state index in [0.717, 1.165) is 0 Å². The molecule has 25 heavy (non-hydrogen) atoms. The third-order valence-corrected chi connectivity index (χ3v) is 3.04. The van der Waals surface area contributed by atoms with Crippen molar-refractivity contribution in [1.29, 1.82) is 0 Å². The lowest BCUT2D eigenvalue weighted by atomic mass is 10.2. The van der Waals surface area contributed by atoms with Crippen LogP contribution in [0.25, 0.3) is 11.4 Å². The molecule has 10 nitrogen and oxygen atoms in total. The van der Waals surface area contributed by atoms with Crippen molar-refractivity contribution in [2.45, 2.75) is 39.2 Å². The van der Waals surface area contributed by atoms with Gasteiger partial charge >= 0.3 is 12.1 Å². The molecule has 0 radical (unpaired) electrons. The molecule has 0 unspecified atom stereocenters. The van der Waals surface area contributed by atoms with Crippen molar-refractivity contribution in [3.8, 4) is 11.4 Å². The van der Waals surface area contributed by atoms with Gasteiger partial charge in [0.15, 0.2) is 0 Å². The summed E-state index contributed by atoms with van der Waals surface area (Å²) in [5.41, 5.74) is -0.155. The molecule has 2 aromatic rings. The maximum absolute atomic E-state index is 12.0. The molecule has 136 valence electrons. The van der Waals surface area contributed by atoms with Gasteiger partial charge in [0.05, 0.1) is 25.3 Å². The number of rotatable bonds is 5. The molecule has 0 saturated heterocycles. The van der Waals surface area contributed by atoms with Gasteiger partial charge in [0.1, 0.15) is 11.4 Å². The number of esters is 1. The van der Waals surface area contributed by atoms with Crippen molar-refractivity contribution in [1.82, 2.24) is 19.9 Å². The van der Waals surface area contributed by atoms with Crippen molar-refractivity contribution in [2.24, 2.45) is 7.05 Å². The lowest BCUT2D eigenvalue weighted by molar-refractivity contribution is -0.140. The molecule has 0 aliphatic rings. The molecule has 0 saturated carbocycles. The summed E-state index contributed by atoms with van der Waals surface area (Å²) in [4.78, 5) is 27.4. The van der Waals surface area contributed by atoms with Crippen LogP contribution in [-0.4, -0.2) is 44.7 Å². The molecule has 10 heteroatoms. The highest BCUT2D eigenvalue weighted by atomic mass is 16.6. The van der Waals surface area contributed by atoms with E-state index >= 15 is 0 Å². The van der Waals surface area contributed by atoms with Crippen LogP contribution in [0.1, 0.15) is 33.1 Å². The molecule has 0 aromatic carbocycles. The van der Waals surface area contributed by atoms with Crippen LogP contribution in [0, 0.1) is 0 Å². The van der Waals surface area contributed by atoms with Crippen LogP contribution < -0.4 is 5.32 Å². The molecule has 1 N–H and O–H groups in total. The summed E-state index contributed by atoms with van der Waals surface area (Å²) in [7, 11) is 2.97. The molecule has 1 amide bonds. The maximum atomic E-state index is 12.0. The first-order valence-corrected chi connectivity index (χ1v) is 7.61. The summed E-state index contributed by atoms with van der Waals surface area (Å²) in [5.74, 6) is 0.537. The largest absolute Gasteiger partial charge is 0.469 e. The lowest BCUT2D eigenvalue weighted by Crippen LogP contribution is -2.28. The van der Waals surface area contributed by atoms with Crippen LogP contribution in [0.15, 0.2) is 10.7 Å². The first-order valence-electron chi connectivity index (χ1n) is 7.61. The van der Waals surface area contributed by atoms with Gasteiger partial charge in [0.25, 0.3) is 0 Å². The second-order valence-corrected chi connectivity index (χ2v) is 6.25. The third kappa shape index (κ3) is 5.03. The molecule has 0 fully saturated rings. The topological polar surface area (TPSA) is 121 Å². The van der Waals surface area contributed by atoms with E-state index in [-0.39, 0.29) is 30.5 Å². The van der Waals surface area contributed by atoms with Crippen molar-refractivity contribution >= 4 is 17.9 Å². The molecular weight excluding hydrogens is 330 g/mol. The summed E-state index contributed by atoms with van der Waals surface area (Å²) in [6.07, 6.45) is 1.27. The van der Waals surface area contributed by atoms with Crippen LogP contribution in [0.4, 0.5) is 10.6 Å². The number of ether oxygens (including phenoxy) is 2. The van der Waals surface area contributed by atoms with E-state index in [1.165, 1.54) is 18.0 Å². The molecule has 0 bridgehead atoms. The zero-order valence-corrected chi connectivity index (χ0v) is 14.8. The van der Waals surface area contributed by atoms with E-state index in [2.05, 4.69) is 25.3 Å². The second kappa shape index (κ2) is 7.32. The zero-order chi connectivity index (χ0) is 18.6. The van der Waals surface area contributed by atoms with Gasteiger partial charge < -0.3 is 14.0 Å². The van der Waals surface area contributed by atoms with Crippen molar-refractivity contribution < 1.29 is 23.6 Å². The minimum Gasteiger partial charge on any atom is -0.469 e. The highest BCUT2D eigenvalue weighted by molar-refractivity contribution is 5.88. The lowest BCUT2D eigenvalue weighted by Gasteiger charge is -2.19. The molecule has 2 rings (SSSR count). The Kier molecular flexibility index (Phi) is 5.40. The molecule has 0 spiro atoms. The Bertz CT molecular complexity index is 759. The number of amides is 1. The molecule has 0 atom stereocenters. The van der Waals surface area contributed by atoms with Gasteiger partial charge in [0, 0.05) is 13.5 Å². The number of aromatic nitrogens is 4. The molecule has 2 heterocycles. The van der Waals surface area contributed by atoms with Crippen LogP contribution in [-0.2, 0) is 27.7 Å². The molecular formula is C15H21N5O5. The van der Waals surface area contributed by atoms with Crippen LogP contribution in [0.3, 0.4) is 0 Å². The van der Waals surface area contributed by atoms with Gasteiger partial charge in [-0.15, -0.1) is 0 Å². The predicted molar refractivity (Wildman–Crippen MR) is 86.7 cm³/mol. The van der Waals surface area contributed by atoms with Crippen molar-refractivity contribution in [2.75, 3.05) is 12.4 Å². The first kappa shape index (κ1) is 18.4.